The molecule has 5 nitrogen and oxygen atoms in total. The first-order valence-corrected chi connectivity index (χ1v) is 9.05. The summed E-state index contributed by atoms with van der Waals surface area (Å²) in [5.74, 6) is 0.592. The molecule has 4 rings (SSSR count). The fourth-order valence-corrected chi connectivity index (χ4v) is 3.77. The van der Waals surface area contributed by atoms with Gasteiger partial charge in [0.1, 0.15) is 16.6 Å². The summed E-state index contributed by atoms with van der Waals surface area (Å²) in [6, 6.07) is 8.19. The molecule has 0 aliphatic heterocycles. The molecule has 0 aliphatic carbocycles. The smallest absolute Gasteiger partial charge is 0.152 e. The van der Waals surface area contributed by atoms with E-state index in [1.165, 1.54) is 4.70 Å². The molecule has 0 fully saturated rings. The number of carbonyl (C=O) groups excluding carboxylic acids is 1. The fraction of sp³-hybridized carbons (Fsp3) is 0.222. The van der Waals surface area contributed by atoms with Gasteiger partial charge in [-0.15, -0.1) is 11.3 Å². The minimum absolute atomic E-state index is 0.329. The summed E-state index contributed by atoms with van der Waals surface area (Å²) in [5, 5.41) is 2.09. The number of halogens is 1. The number of carbonyl (C=O) groups is 1. The minimum Gasteiger partial charge on any atom is -0.342 e. The average molecular weight is 373 g/mol. The molecular formula is C18H17ClN4OS. The molecule has 0 unspecified atom stereocenters. The van der Waals surface area contributed by atoms with E-state index in [4.69, 9.17) is 11.6 Å². The molecule has 3 heterocycles. The van der Waals surface area contributed by atoms with E-state index in [0.717, 1.165) is 28.9 Å². The van der Waals surface area contributed by atoms with Crippen LogP contribution < -0.4 is 0 Å². The summed E-state index contributed by atoms with van der Waals surface area (Å²) < 4.78 is 1.28. The van der Waals surface area contributed by atoms with Crippen LogP contribution >= 0.6 is 22.9 Å². The summed E-state index contributed by atoms with van der Waals surface area (Å²) in [5.41, 5.74) is 3.16. The predicted octanol–water partition coefficient (Wildman–Crippen LogP) is 4.90. The van der Waals surface area contributed by atoms with Crippen molar-refractivity contribution in [3.63, 3.8) is 0 Å². The van der Waals surface area contributed by atoms with Crippen LogP contribution in [0.4, 0.5) is 0 Å². The number of aryl methyl sites for hydroxylation is 3. The normalized spacial score (nSPS) is 10.7. The van der Waals surface area contributed by atoms with Gasteiger partial charge in [-0.1, -0.05) is 30.7 Å². The van der Waals surface area contributed by atoms with E-state index in [1.54, 1.807) is 18.3 Å². The molecule has 0 bridgehead atoms. The van der Waals surface area contributed by atoms with E-state index in [0.29, 0.717) is 27.6 Å². The predicted molar refractivity (Wildman–Crippen MR) is 103 cm³/mol. The number of nitrogens with zero attached hydrogens (tertiary/aromatic N) is 3. The lowest BCUT2D eigenvalue weighted by molar-refractivity contribution is 0.112. The molecular weight excluding hydrogens is 356 g/mol. The molecule has 4 aromatic rings. The lowest BCUT2D eigenvalue weighted by Crippen LogP contribution is -1.90. The molecule has 0 amide bonds. The molecule has 25 heavy (non-hydrogen) atoms. The first-order chi connectivity index (χ1) is 12.0. The van der Waals surface area contributed by atoms with Crippen LogP contribution in [0.1, 0.15) is 33.8 Å². The number of aromatic amines is 1. The molecule has 1 N–H and O–H groups in total. The van der Waals surface area contributed by atoms with Crippen molar-refractivity contribution in [2.24, 2.45) is 0 Å². The van der Waals surface area contributed by atoms with Crippen molar-refractivity contribution in [2.45, 2.75) is 27.2 Å². The van der Waals surface area contributed by atoms with E-state index in [9.17, 15) is 4.79 Å². The number of benzene rings is 1. The van der Waals surface area contributed by atoms with Crippen LogP contribution in [0.5, 0.6) is 0 Å². The molecule has 1 aromatic carbocycles. The summed E-state index contributed by atoms with van der Waals surface area (Å²) in [6.45, 7) is 5.76. The van der Waals surface area contributed by atoms with Crippen LogP contribution in [-0.2, 0) is 6.42 Å². The molecule has 128 valence electrons. The summed E-state index contributed by atoms with van der Waals surface area (Å²) in [7, 11) is 0. The molecule has 7 heteroatoms. The number of fused-ring (bicyclic) bond motifs is 2. The van der Waals surface area contributed by atoms with Gasteiger partial charge in [0.15, 0.2) is 6.29 Å². The van der Waals surface area contributed by atoms with Crippen LogP contribution in [0.25, 0.3) is 21.3 Å². The third kappa shape index (κ3) is 3.55. The highest BCUT2D eigenvalue weighted by Crippen LogP contribution is 2.26. The van der Waals surface area contributed by atoms with Crippen molar-refractivity contribution in [2.75, 3.05) is 0 Å². The zero-order valence-corrected chi connectivity index (χ0v) is 15.7. The van der Waals surface area contributed by atoms with E-state index in [1.807, 2.05) is 32.0 Å². The van der Waals surface area contributed by atoms with Crippen molar-refractivity contribution in [3.8, 4) is 0 Å². The van der Waals surface area contributed by atoms with Crippen molar-refractivity contribution in [1.82, 2.24) is 19.9 Å². The Morgan fingerprint density at radius 2 is 1.96 bits per heavy atom. The lowest BCUT2D eigenvalue weighted by atomic mass is 10.2. The lowest BCUT2D eigenvalue weighted by Gasteiger charge is -1.95. The quantitative estimate of drug-likeness (QED) is 0.401. The highest BCUT2D eigenvalue weighted by atomic mass is 35.5. The number of aromatic nitrogens is 4. The Morgan fingerprint density at radius 3 is 2.64 bits per heavy atom. The first-order valence-electron chi connectivity index (χ1n) is 7.85. The molecule has 0 atom stereocenters. The topological polar surface area (TPSA) is 71.5 Å². The summed E-state index contributed by atoms with van der Waals surface area (Å²) in [4.78, 5) is 26.6. The third-order valence-electron chi connectivity index (χ3n) is 3.71. The Bertz CT molecular complexity index is 1020. The van der Waals surface area contributed by atoms with Gasteiger partial charge in [0.05, 0.1) is 20.6 Å². The Hall–Kier alpha value is -2.31. The van der Waals surface area contributed by atoms with Gasteiger partial charge >= 0.3 is 0 Å². The number of nitrogens with one attached hydrogen (secondary N) is 1. The zero-order chi connectivity index (χ0) is 18.0. The number of rotatable bonds is 2. The highest BCUT2D eigenvalue weighted by Gasteiger charge is 2.14. The van der Waals surface area contributed by atoms with Gasteiger partial charge in [0.25, 0.3) is 0 Å². The Kier molecular flexibility index (Phi) is 5.11. The van der Waals surface area contributed by atoms with Crippen LogP contribution in [-0.4, -0.2) is 26.2 Å². The van der Waals surface area contributed by atoms with Crippen molar-refractivity contribution >= 4 is 50.5 Å². The second kappa shape index (κ2) is 7.29. The number of aldehydes is 1. The molecule has 3 aromatic heterocycles. The molecule has 0 radical (unpaired) electrons. The second-order valence-corrected chi connectivity index (χ2v) is 7.07. The Morgan fingerprint density at radius 1 is 1.20 bits per heavy atom. The van der Waals surface area contributed by atoms with Crippen molar-refractivity contribution in [1.29, 1.82) is 0 Å². The van der Waals surface area contributed by atoms with Gasteiger partial charge in [0, 0.05) is 11.3 Å². The van der Waals surface area contributed by atoms with E-state index < -0.39 is 0 Å². The van der Waals surface area contributed by atoms with Crippen LogP contribution in [0.15, 0.2) is 24.3 Å². The van der Waals surface area contributed by atoms with Gasteiger partial charge in [-0.2, -0.15) is 0 Å². The Balaban J connectivity index is 0.000000157. The number of hydrogen-bond acceptors (Lipinski definition) is 5. The van der Waals surface area contributed by atoms with Gasteiger partial charge in [0.2, 0.25) is 0 Å². The van der Waals surface area contributed by atoms with Crippen molar-refractivity contribution < 1.29 is 4.79 Å². The molecule has 0 aliphatic rings. The van der Waals surface area contributed by atoms with Gasteiger partial charge in [-0.3, -0.25) is 4.79 Å². The van der Waals surface area contributed by atoms with Gasteiger partial charge in [-0.25, -0.2) is 15.0 Å². The minimum atomic E-state index is 0.329. The summed E-state index contributed by atoms with van der Waals surface area (Å²) >= 11 is 7.73. The maximum atomic E-state index is 11.0. The molecule has 0 saturated carbocycles. The zero-order valence-electron chi connectivity index (χ0n) is 14.1. The SMILES string of the molecule is CCc1[nH]c2nc(C)nc(Cl)c2c1C=O.Cc1nc2ccccc2s1. The van der Waals surface area contributed by atoms with Crippen molar-refractivity contribution in [3.05, 3.63) is 51.5 Å². The maximum absolute atomic E-state index is 11.0. The third-order valence-corrected chi connectivity index (χ3v) is 4.94. The standard InChI is InChI=1S/C10H10ClN3O.C8H7NS/c1-3-7-6(4-15)8-9(11)12-5(2)13-10(8)14-7;1-6-9-7-4-2-3-5-8(7)10-6/h4H,3H2,1-2H3,(H,12,13,14);2-5H,1H3. The van der Waals surface area contributed by atoms with Gasteiger partial charge < -0.3 is 4.98 Å². The molecule has 0 spiro atoms. The van der Waals surface area contributed by atoms with E-state index in [2.05, 4.69) is 26.0 Å². The first kappa shape index (κ1) is 17.5. The number of thiazole rings is 1. The van der Waals surface area contributed by atoms with E-state index in [-0.39, 0.29) is 0 Å². The number of H-pyrrole nitrogens is 1. The van der Waals surface area contributed by atoms with E-state index >= 15 is 0 Å². The second-order valence-electron chi connectivity index (χ2n) is 5.47. The summed E-state index contributed by atoms with van der Waals surface area (Å²) in [6.07, 6.45) is 1.53. The number of hydrogen-bond donors (Lipinski definition) is 1. The fourth-order valence-electron chi connectivity index (χ4n) is 2.62. The monoisotopic (exact) mass is 372 g/mol. The van der Waals surface area contributed by atoms with Gasteiger partial charge in [-0.05, 0) is 32.4 Å². The number of para-hydroxylation sites is 1. The molecule has 0 saturated heterocycles. The van der Waals surface area contributed by atoms with Crippen LogP contribution in [0, 0.1) is 13.8 Å². The average Bonchev–Trinajstić information content (AvgIpc) is 3.13. The Labute approximate surface area is 154 Å². The van der Waals surface area contributed by atoms with Crippen LogP contribution in [0.3, 0.4) is 0 Å². The maximum Gasteiger partial charge on any atom is 0.152 e. The largest absolute Gasteiger partial charge is 0.342 e. The highest BCUT2D eigenvalue weighted by molar-refractivity contribution is 7.18. The van der Waals surface area contributed by atoms with Crippen LogP contribution in [0.2, 0.25) is 5.15 Å².